The minimum absolute atomic E-state index is 0.136. The molecule has 5 rings (SSSR count). The van der Waals surface area contributed by atoms with E-state index in [1.807, 2.05) is 18.2 Å². The van der Waals surface area contributed by atoms with Crippen molar-refractivity contribution in [2.45, 2.75) is 49.6 Å². The minimum Gasteiger partial charge on any atom is -0.357 e. The lowest BCUT2D eigenvalue weighted by Gasteiger charge is -2.44. The van der Waals surface area contributed by atoms with Crippen LogP contribution in [-0.2, 0) is 4.79 Å². The number of hydrogen-bond donors (Lipinski definition) is 0. The number of amides is 3. The number of alkyl halides is 1. The van der Waals surface area contributed by atoms with Crippen molar-refractivity contribution in [1.82, 2.24) is 19.6 Å². The summed E-state index contributed by atoms with van der Waals surface area (Å²) in [6.07, 6.45) is 11.6. The molecule has 3 unspecified atom stereocenters. The first-order valence-corrected chi connectivity index (χ1v) is 11.5. The van der Waals surface area contributed by atoms with Crippen molar-refractivity contribution in [1.29, 1.82) is 5.26 Å². The summed E-state index contributed by atoms with van der Waals surface area (Å²) < 4.78 is 0. The molecule has 3 amide bonds. The van der Waals surface area contributed by atoms with Gasteiger partial charge in [-0.1, -0.05) is 18.2 Å². The van der Waals surface area contributed by atoms with Gasteiger partial charge in [-0.05, 0) is 43.1 Å². The van der Waals surface area contributed by atoms with Gasteiger partial charge in [-0.25, -0.2) is 4.79 Å². The third kappa shape index (κ3) is 3.15. The number of fused-ring (bicyclic) bond motifs is 1. The number of allylic oxidation sites excluding steroid dienone is 3. The highest BCUT2D eigenvalue weighted by Gasteiger charge is 2.56. The van der Waals surface area contributed by atoms with E-state index < -0.39 is 12.1 Å². The van der Waals surface area contributed by atoms with Gasteiger partial charge in [0.15, 0.2) is 0 Å². The molecule has 0 N–H and O–H groups in total. The number of imide groups is 1. The van der Waals surface area contributed by atoms with Gasteiger partial charge < -0.3 is 14.7 Å². The van der Waals surface area contributed by atoms with Gasteiger partial charge in [0.05, 0.1) is 11.0 Å². The first-order chi connectivity index (χ1) is 14.9. The molecule has 2 saturated heterocycles. The molecular weight excluding hydrogens is 414 g/mol. The second-order valence-electron chi connectivity index (χ2n) is 9.56. The number of piperidine rings is 1. The third-order valence-electron chi connectivity index (χ3n) is 7.62. The highest BCUT2D eigenvalue weighted by molar-refractivity contribution is 6.22. The fourth-order valence-corrected chi connectivity index (χ4v) is 5.92. The van der Waals surface area contributed by atoms with Crippen molar-refractivity contribution in [3.63, 3.8) is 0 Å². The van der Waals surface area contributed by atoms with Crippen LogP contribution in [0.1, 0.15) is 32.1 Å². The number of likely N-dealkylation sites (N-methyl/N-ethyl adjacent to an activating group) is 2. The van der Waals surface area contributed by atoms with E-state index in [-0.39, 0.29) is 17.3 Å². The topological polar surface area (TPSA) is 70.9 Å². The van der Waals surface area contributed by atoms with Gasteiger partial charge in [0.2, 0.25) is 0 Å². The van der Waals surface area contributed by atoms with Crippen LogP contribution in [0.15, 0.2) is 35.2 Å². The molecule has 0 bridgehead atoms. The van der Waals surface area contributed by atoms with Gasteiger partial charge in [0, 0.05) is 33.7 Å². The lowest BCUT2D eigenvalue weighted by Crippen LogP contribution is -2.64. The number of hydrogen-bond acceptors (Lipinski definition) is 5. The van der Waals surface area contributed by atoms with E-state index in [1.165, 1.54) is 31.2 Å². The zero-order valence-electron chi connectivity index (χ0n) is 18.1. The molecule has 3 aliphatic heterocycles. The number of halogens is 1. The summed E-state index contributed by atoms with van der Waals surface area (Å²) in [5.74, 6) is 0.568. The predicted molar refractivity (Wildman–Crippen MR) is 117 cm³/mol. The molecule has 0 radical (unpaired) electrons. The van der Waals surface area contributed by atoms with Gasteiger partial charge in [-0.3, -0.25) is 9.69 Å². The lowest BCUT2D eigenvalue weighted by molar-refractivity contribution is -0.136. The Morgan fingerprint density at radius 1 is 1.23 bits per heavy atom. The number of urea groups is 1. The van der Waals surface area contributed by atoms with Crippen LogP contribution >= 0.6 is 11.6 Å². The monoisotopic (exact) mass is 441 g/mol. The normalized spacial score (nSPS) is 31.9. The maximum absolute atomic E-state index is 13.3. The molecule has 0 aromatic rings. The predicted octanol–water partition coefficient (Wildman–Crippen LogP) is 2.67. The summed E-state index contributed by atoms with van der Waals surface area (Å²) >= 11 is 6.61. The molecule has 31 heavy (non-hydrogen) atoms. The smallest absolute Gasteiger partial charge is 0.326 e. The quantitative estimate of drug-likeness (QED) is 0.630. The number of rotatable bonds is 3. The number of likely N-dealkylation sites (tertiary alicyclic amines) is 1. The van der Waals surface area contributed by atoms with E-state index >= 15 is 0 Å². The number of nitrogens with zero attached hydrogens (tertiary/aromatic N) is 5. The van der Waals surface area contributed by atoms with E-state index in [2.05, 4.69) is 15.9 Å². The molecule has 7 nitrogen and oxygen atoms in total. The molecule has 3 atom stereocenters. The molecule has 5 aliphatic rings. The maximum atomic E-state index is 13.3. The summed E-state index contributed by atoms with van der Waals surface area (Å²) in [7, 11) is 3.21. The van der Waals surface area contributed by atoms with Gasteiger partial charge in [0.25, 0.3) is 5.91 Å². The van der Waals surface area contributed by atoms with Crippen LogP contribution < -0.4 is 0 Å². The minimum atomic E-state index is -0.606. The molecule has 3 heterocycles. The van der Waals surface area contributed by atoms with Crippen LogP contribution in [0.3, 0.4) is 0 Å². The highest BCUT2D eigenvalue weighted by Crippen LogP contribution is 2.53. The summed E-state index contributed by atoms with van der Waals surface area (Å²) in [5, 5.41) is 10.1. The Balaban J connectivity index is 1.59. The first kappa shape index (κ1) is 20.4. The van der Waals surface area contributed by atoms with Crippen LogP contribution in [0.5, 0.6) is 0 Å². The maximum Gasteiger partial charge on any atom is 0.326 e. The fraction of sp³-hybridized carbons (Fsp3) is 0.609. The van der Waals surface area contributed by atoms with Crippen molar-refractivity contribution in [3.8, 4) is 6.07 Å². The summed E-state index contributed by atoms with van der Waals surface area (Å²) in [6.45, 7) is 2.25. The van der Waals surface area contributed by atoms with E-state index in [4.69, 9.17) is 11.6 Å². The number of carbonyl (C=O) groups excluding carboxylic acids is 2. The fourth-order valence-electron chi connectivity index (χ4n) is 5.68. The molecule has 164 valence electrons. The lowest BCUT2D eigenvalue weighted by atomic mass is 9.94. The summed E-state index contributed by atoms with van der Waals surface area (Å²) in [5.41, 5.74) is 1.92. The molecule has 1 spiro atoms. The largest absolute Gasteiger partial charge is 0.357 e. The van der Waals surface area contributed by atoms with Gasteiger partial charge in [-0.15, -0.1) is 11.6 Å². The molecule has 0 aromatic heterocycles. The van der Waals surface area contributed by atoms with Gasteiger partial charge in [-0.2, -0.15) is 5.26 Å². The summed E-state index contributed by atoms with van der Waals surface area (Å²) in [6, 6.07) is 0.846. The Bertz CT molecular complexity index is 960. The first-order valence-electron chi connectivity index (χ1n) is 11.1. The Labute approximate surface area is 188 Å². The molecule has 2 aliphatic carbocycles. The molecule has 8 heteroatoms. The average molecular weight is 442 g/mol. The van der Waals surface area contributed by atoms with Crippen LogP contribution in [-0.4, -0.2) is 82.7 Å². The Morgan fingerprint density at radius 2 is 2.00 bits per heavy atom. The third-order valence-corrected chi connectivity index (χ3v) is 8.07. The Morgan fingerprint density at radius 3 is 2.68 bits per heavy atom. The average Bonchev–Trinajstić information content (AvgIpc) is 3.42. The van der Waals surface area contributed by atoms with Crippen LogP contribution in [0.2, 0.25) is 0 Å². The van der Waals surface area contributed by atoms with Crippen LogP contribution in [0.25, 0.3) is 0 Å². The standard InChI is InChI=1S/C23H28ClN5O2/c1-26-18-16(12-25)20(28-11-5-8-23(14-28)9-10-23)29(13-15-6-3-4-7-17(15)24)19(18)21(30)27(2)22(26)31/h3-4,6,17-19H,5,7-11,13-14H2,1-2H3. The second kappa shape index (κ2) is 7.30. The van der Waals surface area contributed by atoms with Crippen molar-refractivity contribution >= 4 is 23.5 Å². The Hall–Kier alpha value is -2.46. The zero-order chi connectivity index (χ0) is 21.9. The molecule has 0 aromatic carbocycles. The van der Waals surface area contributed by atoms with E-state index in [1.54, 1.807) is 11.9 Å². The van der Waals surface area contributed by atoms with Crippen LogP contribution in [0, 0.1) is 16.7 Å². The molecule has 1 saturated carbocycles. The van der Waals surface area contributed by atoms with Gasteiger partial charge in [0.1, 0.15) is 24.0 Å². The van der Waals surface area contributed by atoms with E-state index in [9.17, 15) is 14.9 Å². The SMILES string of the molecule is CN1C(=O)C2C(C(C#N)=C(N3CCCC4(CC4)C3)N2CC2=CC=CCC2Cl)N(C)C1=O. The summed E-state index contributed by atoms with van der Waals surface area (Å²) in [4.78, 5) is 33.1. The number of carbonyl (C=O) groups is 2. The van der Waals surface area contributed by atoms with E-state index in [0.29, 0.717) is 17.5 Å². The molecular formula is C23H28ClN5O2. The Kier molecular flexibility index (Phi) is 4.82. The number of nitriles is 1. The van der Waals surface area contributed by atoms with Crippen molar-refractivity contribution in [2.75, 3.05) is 33.7 Å². The van der Waals surface area contributed by atoms with Crippen molar-refractivity contribution < 1.29 is 9.59 Å². The van der Waals surface area contributed by atoms with Crippen molar-refractivity contribution in [2.24, 2.45) is 5.41 Å². The second-order valence-corrected chi connectivity index (χ2v) is 10.1. The zero-order valence-corrected chi connectivity index (χ0v) is 18.8. The van der Waals surface area contributed by atoms with Crippen LogP contribution in [0.4, 0.5) is 4.79 Å². The molecule has 3 fully saturated rings. The van der Waals surface area contributed by atoms with Crippen molar-refractivity contribution in [3.05, 3.63) is 35.2 Å². The van der Waals surface area contributed by atoms with Gasteiger partial charge >= 0.3 is 6.03 Å². The highest BCUT2D eigenvalue weighted by atomic mass is 35.5. The van der Waals surface area contributed by atoms with E-state index in [0.717, 1.165) is 37.3 Å².